The zero-order chi connectivity index (χ0) is 12.0. The molecule has 0 bridgehead atoms. The van der Waals surface area contributed by atoms with Gasteiger partial charge in [-0.1, -0.05) is 20.8 Å². The maximum Gasteiger partial charge on any atom is 0.0612 e. The lowest BCUT2D eigenvalue weighted by molar-refractivity contribution is -0.0256. The lowest BCUT2D eigenvalue weighted by Gasteiger charge is -2.34. The molecule has 1 aliphatic heterocycles. The summed E-state index contributed by atoms with van der Waals surface area (Å²) in [5.41, 5.74) is 0. The quantitative estimate of drug-likeness (QED) is 0.777. The van der Waals surface area contributed by atoms with Crippen LogP contribution in [0, 0.1) is 5.92 Å². The van der Waals surface area contributed by atoms with Crippen molar-refractivity contribution in [3.8, 4) is 0 Å². The maximum atomic E-state index is 5.80. The average molecular weight is 245 g/mol. The van der Waals surface area contributed by atoms with Crippen molar-refractivity contribution in [3.05, 3.63) is 0 Å². The summed E-state index contributed by atoms with van der Waals surface area (Å²) in [5, 5.41) is 3.79. The molecule has 0 aliphatic carbocycles. The van der Waals surface area contributed by atoms with Crippen molar-refractivity contribution in [1.82, 2.24) is 5.32 Å². The van der Waals surface area contributed by atoms with Gasteiger partial charge in [0.2, 0.25) is 0 Å². The molecule has 0 aromatic carbocycles. The van der Waals surface area contributed by atoms with Crippen LogP contribution in [0.15, 0.2) is 0 Å². The van der Waals surface area contributed by atoms with Crippen LogP contribution in [0.1, 0.15) is 40.0 Å². The topological polar surface area (TPSA) is 21.3 Å². The van der Waals surface area contributed by atoms with Crippen LogP contribution in [-0.4, -0.2) is 36.8 Å². The van der Waals surface area contributed by atoms with Gasteiger partial charge in [-0.2, -0.15) is 11.8 Å². The predicted molar refractivity (Wildman–Crippen MR) is 73.2 cm³/mol. The summed E-state index contributed by atoms with van der Waals surface area (Å²) < 4.78 is 5.80. The molecule has 1 aliphatic rings. The van der Waals surface area contributed by atoms with E-state index in [0.717, 1.165) is 6.61 Å². The zero-order valence-electron chi connectivity index (χ0n) is 11.2. The number of nitrogens with one attached hydrogen (secondary N) is 1. The molecule has 1 fully saturated rings. The van der Waals surface area contributed by atoms with Gasteiger partial charge in [-0.25, -0.2) is 0 Å². The molecular weight excluding hydrogens is 218 g/mol. The minimum absolute atomic E-state index is 0.457. The third-order valence-corrected chi connectivity index (χ3v) is 4.13. The summed E-state index contributed by atoms with van der Waals surface area (Å²) in [4.78, 5) is 0. The molecule has 3 atom stereocenters. The minimum Gasteiger partial charge on any atom is -0.378 e. The van der Waals surface area contributed by atoms with E-state index in [1.807, 2.05) is 11.8 Å². The van der Waals surface area contributed by atoms with Crippen LogP contribution in [0.5, 0.6) is 0 Å². The second-order valence-electron chi connectivity index (χ2n) is 5.10. The van der Waals surface area contributed by atoms with E-state index >= 15 is 0 Å². The molecule has 3 heteroatoms. The molecule has 0 spiro atoms. The molecule has 0 aromatic rings. The van der Waals surface area contributed by atoms with Crippen LogP contribution in [-0.2, 0) is 4.74 Å². The van der Waals surface area contributed by atoms with E-state index in [1.54, 1.807) is 0 Å². The summed E-state index contributed by atoms with van der Waals surface area (Å²) in [7, 11) is 0. The molecule has 96 valence electrons. The molecule has 0 radical (unpaired) electrons. The molecule has 1 heterocycles. The Morgan fingerprint density at radius 3 is 2.75 bits per heavy atom. The number of thioether (sulfide) groups is 1. The van der Waals surface area contributed by atoms with Crippen molar-refractivity contribution >= 4 is 11.8 Å². The molecule has 16 heavy (non-hydrogen) atoms. The fourth-order valence-corrected chi connectivity index (χ4v) is 3.00. The van der Waals surface area contributed by atoms with Gasteiger partial charge in [-0.15, -0.1) is 0 Å². The van der Waals surface area contributed by atoms with Crippen molar-refractivity contribution < 1.29 is 4.74 Å². The van der Waals surface area contributed by atoms with Gasteiger partial charge in [0.05, 0.1) is 6.10 Å². The third-order valence-electron chi connectivity index (χ3n) is 3.39. The van der Waals surface area contributed by atoms with Gasteiger partial charge in [-0.05, 0) is 31.4 Å². The van der Waals surface area contributed by atoms with E-state index in [-0.39, 0.29) is 0 Å². The molecular formula is C13H27NOS. The van der Waals surface area contributed by atoms with Crippen molar-refractivity contribution in [1.29, 1.82) is 0 Å². The van der Waals surface area contributed by atoms with E-state index in [1.165, 1.54) is 25.0 Å². The molecule has 0 amide bonds. The maximum absolute atomic E-state index is 5.80. The summed E-state index contributed by atoms with van der Waals surface area (Å²) in [5.74, 6) is 1.87. The highest BCUT2D eigenvalue weighted by Gasteiger charge is 2.25. The van der Waals surface area contributed by atoms with Gasteiger partial charge in [-0.3, -0.25) is 0 Å². The number of hydrogen-bond donors (Lipinski definition) is 1. The van der Waals surface area contributed by atoms with Crippen LogP contribution >= 0.6 is 11.8 Å². The normalized spacial score (nSPS) is 28.3. The Hall–Kier alpha value is 0.270. The largest absolute Gasteiger partial charge is 0.378 e. The fraction of sp³-hybridized carbons (Fsp3) is 1.00. The Kier molecular flexibility index (Phi) is 6.78. The third kappa shape index (κ3) is 4.64. The number of ether oxygens (including phenoxy) is 1. The Morgan fingerprint density at radius 2 is 2.19 bits per heavy atom. The number of rotatable bonds is 6. The molecule has 0 saturated carbocycles. The van der Waals surface area contributed by atoms with Crippen molar-refractivity contribution in [2.45, 2.75) is 58.2 Å². The van der Waals surface area contributed by atoms with Gasteiger partial charge in [0.15, 0.2) is 0 Å². The van der Waals surface area contributed by atoms with Crippen molar-refractivity contribution in [3.63, 3.8) is 0 Å². The Bertz CT molecular complexity index is 187. The molecule has 1 rings (SSSR count). The summed E-state index contributed by atoms with van der Waals surface area (Å²) in [6.07, 6.45) is 6.23. The first-order valence-corrected chi connectivity index (χ1v) is 7.93. The molecule has 3 unspecified atom stereocenters. The van der Waals surface area contributed by atoms with Crippen LogP contribution < -0.4 is 5.32 Å². The smallest absolute Gasteiger partial charge is 0.0612 e. The fourth-order valence-electron chi connectivity index (χ4n) is 2.26. The van der Waals surface area contributed by atoms with E-state index in [0.29, 0.717) is 24.1 Å². The first kappa shape index (κ1) is 14.3. The van der Waals surface area contributed by atoms with Crippen LogP contribution in [0.2, 0.25) is 0 Å². The van der Waals surface area contributed by atoms with E-state index in [4.69, 9.17) is 4.74 Å². The van der Waals surface area contributed by atoms with Crippen molar-refractivity contribution in [2.75, 3.05) is 18.6 Å². The van der Waals surface area contributed by atoms with E-state index in [2.05, 4.69) is 32.3 Å². The van der Waals surface area contributed by atoms with E-state index in [9.17, 15) is 0 Å². The highest BCUT2D eigenvalue weighted by molar-refractivity contribution is 7.98. The summed E-state index contributed by atoms with van der Waals surface area (Å²) >= 11 is 1.94. The highest BCUT2D eigenvalue weighted by atomic mass is 32.2. The second-order valence-corrected chi connectivity index (χ2v) is 6.01. The summed E-state index contributed by atoms with van der Waals surface area (Å²) in [6, 6.07) is 1.34. The lowest BCUT2D eigenvalue weighted by Crippen LogP contribution is -2.45. The molecule has 1 N–H and O–H groups in total. The SMILES string of the molecule is CCC(CSC)NC1CCOC(C(C)C)C1. The molecule has 2 nitrogen and oxygen atoms in total. The Morgan fingerprint density at radius 1 is 1.44 bits per heavy atom. The highest BCUT2D eigenvalue weighted by Crippen LogP contribution is 2.21. The first-order valence-electron chi connectivity index (χ1n) is 6.54. The Labute approximate surface area is 105 Å². The number of hydrogen-bond acceptors (Lipinski definition) is 3. The monoisotopic (exact) mass is 245 g/mol. The summed E-state index contributed by atoms with van der Waals surface area (Å²) in [6.45, 7) is 7.71. The standard InChI is InChI=1S/C13H27NOS/c1-5-11(9-16-4)14-12-6-7-15-13(8-12)10(2)3/h10-14H,5-9H2,1-4H3. The average Bonchev–Trinajstić information content (AvgIpc) is 2.29. The van der Waals surface area contributed by atoms with E-state index < -0.39 is 0 Å². The molecule has 0 aromatic heterocycles. The Balaban J connectivity index is 2.35. The van der Waals surface area contributed by atoms with Gasteiger partial charge in [0.25, 0.3) is 0 Å². The predicted octanol–water partition coefficient (Wildman–Crippen LogP) is 2.92. The van der Waals surface area contributed by atoms with Gasteiger partial charge < -0.3 is 10.1 Å². The first-order chi connectivity index (χ1) is 7.67. The van der Waals surface area contributed by atoms with Crippen LogP contribution in [0.4, 0.5) is 0 Å². The van der Waals surface area contributed by atoms with Gasteiger partial charge >= 0.3 is 0 Å². The van der Waals surface area contributed by atoms with Crippen molar-refractivity contribution in [2.24, 2.45) is 5.92 Å². The second kappa shape index (κ2) is 7.57. The molecule has 1 saturated heterocycles. The zero-order valence-corrected chi connectivity index (χ0v) is 12.0. The van der Waals surface area contributed by atoms with Crippen LogP contribution in [0.3, 0.4) is 0 Å². The van der Waals surface area contributed by atoms with Gasteiger partial charge in [0, 0.05) is 24.4 Å². The minimum atomic E-state index is 0.457. The van der Waals surface area contributed by atoms with Gasteiger partial charge in [0.1, 0.15) is 0 Å². The van der Waals surface area contributed by atoms with Crippen LogP contribution in [0.25, 0.3) is 0 Å². The lowest BCUT2D eigenvalue weighted by atomic mass is 9.95.